The predicted molar refractivity (Wildman–Crippen MR) is 139 cm³/mol. The topological polar surface area (TPSA) is 89.9 Å². The average molecular weight is 497 g/mol. The summed E-state index contributed by atoms with van der Waals surface area (Å²) in [4.78, 5) is 26.9. The molecule has 1 aromatic carbocycles. The molecule has 7 atom stereocenters. The van der Waals surface area contributed by atoms with E-state index in [2.05, 4.69) is 23.2 Å². The van der Waals surface area contributed by atoms with Crippen LogP contribution in [0.25, 0.3) is 0 Å². The van der Waals surface area contributed by atoms with E-state index >= 15 is 0 Å². The Bertz CT molecular complexity index is 993. The van der Waals surface area contributed by atoms with Gasteiger partial charge in [-0.2, -0.15) is 0 Å². The van der Waals surface area contributed by atoms with Crippen molar-refractivity contribution in [2.24, 2.45) is 29.1 Å². The van der Waals surface area contributed by atoms with Gasteiger partial charge in [-0.3, -0.25) is 19.8 Å². The smallest absolute Gasteiger partial charge is 0.243 e. The third kappa shape index (κ3) is 4.60. The van der Waals surface area contributed by atoms with Crippen molar-refractivity contribution >= 4 is 11.8 Å². The van der Waals surface area contributed by atoms with E-state index in [1.807, 2.05) is 12.1 Å². The number of aliphatic hydroxyl groups excluding tert-OH is 1. The van der Waals surface area contributed by atoms with E-state index in [0.717, 1.165) is 70.9 Å². The number of aromatic hydroxyl groups is 1. The van der Waals surface area contributed by atoms with Gasteiger partial charge in [-0.15, -0.1) is 0 Å². The molecule has 3 aliphatic carbocycles. The molecule has 1 aliphatic heterocycles. The molecule has 6 nitrogen and oxygen atoms in total. The Morgan fingerprint density at radius 3 is 2.81 bits per heavy atom. The van der Waals surface area contributed by atoms with E-state index in [1.54, 1.807) is 13.8 Å². The van der Waals surface area contributed by atoms with E-state index in [1.165, 1.54) is 11.1 Å². The number of rotatable bonds is 6. The molecule has 3 N–H and O–H groups in total. The Kier molecular flexibility index (Phi) is 7.21. The van der Waals surface area contributed by atoms with Crippen LogP contribution in [0.15, 0.2) is 18.2 Å². The standard InChI is InChI=1S/C30H44N2O4/c1-18(2)28(35)31-29(36)26-7-5-15-32(26)14-4-6-20-17-25-24-10-8-19-16-21(33)9-11-22(19)23(24)12-13-30(25,3)27(20)34/h9,11,16,18,20,23-27,33-34H,4-8,10,12-15,17H2,1-3H3,(H,31,35,36)/t20-,23+,24+,25-,26-,27-,30-/m0/s1. The number of hydrogen-bond acceptors (Lipinski definition) is 5. The van der Waals surface area contributed by atoms with Gasteiger partial charge in [0.25, 0.3) is 0 Å². The van der Waals surface area contributed by atoms with Crippen LogP contribution in [0.5, 0.6) is 5.75 Å². The number of nitrogens with zero attached hydrogens (tertiary/aromatic N) is 1. The van der Waals surface area contributed by atoms with Gasteiger partial charge in [0.2, 0.25) is 11.8 Å². The Balaban J connectivity index is 1.19. The third-order valence-corrected chi connectivity index (χ3v) is 10.3. The normalized spacial score (nSPS) is 35.8. The number of aliphatic hydroxyl groups is 1. The summed E-state index contributed by atoms with van der Waals surface area (Å²) in [5.74, 6) is 1.86. The van der Waals surface area contributed by atoms with Gasteiger partial charge in [-0.1, -0.05) is 26.8 Å². The summed E-state index contributed by atoms with van der Waals surface area (Å²) < 4.78 is 0. The molecular formula is C30H44N2O4. The lowest BCUT2D eigenvalue weighted by Gasteiger charge is -2.50. The number of aryl methyl sites for hydroxylation is 1. The van der Waals surface area contributed by atoms with E-state index in [0.29, 0.717) is 29.4 Å². The van der Waals surface area contributed by atoms with Crippen molar-refractivity contribution in [1.29, 1.82) is 0 Å². The van der Waals surface area contributed by atoms with Crippen molar-refractivity contribution in [1.82, 2.24) is 10.2 Å². The lowest BCUT2D eigenvalue weighted by Crippen LogP contribution is -2.46. The van der Waals surface area contributed by atoms with Gasteiger partial charge in [-0.25, -0.2) is 0 Å². The first-order chi connectivity index (χ1) is 17.2. The Hall–Kier alpha value is -1.92. The summed E-state index contributed by atoms with van der Waals surface area (Å²) in [5, 5.41) is 24.0. The van der Waals surface area contributed by atoms with Gasteiger partial charge >= 0.3 is 0 Å². The van der Waals surface area contributed by atoms with Gasteiger partial charge in [0.15, 0.2) is 0 Å². The number of phenols is 1. The molecule has 5 rings (SSSR count). The Labute approximate surface area is 215 Å². The number of phenolic OH excluding ortho intramolecular Hbond substituents is 1. The molecule has 198 valence electrons. The fourth-order valence-corrected chi connectivity index (χ4v) is 8.29. The van der Waals surface area contributed by atoms with Crippen LogP contribution >= 0.6 is 0 Å². The molecule has 3 fully saturated rings. The van der Waals surface area contributed by atoms with Crippen LogP contribution in [0, 0.1) is 29.1 Å². The maximum Gasteiger partial charge on any atom is 0.243 e. The summed E-state index contributed by atoms with van der Waals surface area (Å²) >= 11 is 0. The monoisotopic (exact) mass is 496 g/mol. The molecule has 0 bridgehead atoms. The molecule has 0 aromatic heterocycles. The number of benzene rings is 1. The molecule has 1 aromatic rings. The minimum absolute atomic E-state index is 0.00642. The van der Waals surface area contributed by atoms with Crippen LogP contribution in [-0.4, -0.2) is 52.2 Å². The van der Waals surface area contributed by atoms with Crippen LogP contribution in [0.3, 0.4) is 0 Å². The first-order valence-electron chi connectivity index (χ1n) is 14.3. The van der Waals surface area contributed by atoms with E-state index < -0.39 is 0 Å². The number of likely N-dealkylation sites (tertiary alicyclic amines) is 1. The van der Waals surface area contributed by atoms with Gasteiger partial charge in [0.05, 0.1) is 12.1 Å². The van der Waals surface area contributed by atoms with Crippen LogP contribution in [0.4, 0.5) is 0 Å². The number of imide groups is 1. The zero-order chi connectivity index (χ0) is 25.6. The van der Waals surface area contributed by atoms with Crippen molar-refractivity contribution in [3.05, 3.63) is 29.3 Å². The second-order valence-corrected chi connectivity index (χ2v) is 12.6. The number of fused-ring (bicyclic) bond motifs is 5. The van der Waals surface area contributed by atoms with E-state index in [-0.39, 0.29) is 35.3 Å². The van der Waals surface area contributed by atoms with Gasteiger partial charge in [0.1, 0.15) is 5.75 Å². The van der Waals surface area contributed by atoms with Crippen molar-refractivity contribution < 1.29 is 19.8 Å². The predicted octanol–water partition coefficient (Wildman–Crippen LogP) is 4.38. The molecular weight excluding hydrogens is 452 g/mol. The van der Waals surface area contributed by atoms with Gasteiger partial charge in [0, 0.05) is 5.92 Å². The molecule has 1 saturated heterocycles. The molecule has 6 heteroatoms. The average Bonchev–Trinajstić information content (AvgIpc) is 3.41. The molecule has 0 radical (unpaired) electrons. The van der Waals surface area contributed by atoms with Crippen LogP contribution in [-0.2, 0) is 16.0 Å². The van der Waals surface area contributed by atoms with Gasteiger partial charge < -0.3 is 10.2 Å². The number of nitrogens with one attached hydrogen (secondary N) is 1. The number of amides is 2. The summed E-state index contributed by atoms with van der Waals surface area (Å²) in [6.07, 6.45) is 8.97. The van der Waals surface area contributed by atoms with Crippen molar-refractivity contribution in [2.45, 2.75) is 96.6 Å². The highest BCUT2D eigenvalue weighted by molar-refractivity contribution is 5.98. The summed E-state index contributed by atoms with van der Waals surface area (Å²) in [5.41, 5.74) is 2.74. The molecule has 36 heavy (non-hydrogen) atoms. The Morgan fingerprint density at radius 2 is 2.03 bits per heavy atom. The van der Waals surface area contributed by atoms with Crippen LogP contribution < -0.4 is 5.32 Å². The van der Waals surface area contributed by atoms with Crippen molar-refractivity contribution in [3.8, 4) is 5.75 Å². The number of carbonyl (C=O) groups excluding carboxylic acids is 2. The first kappa shape index (κ1) is 25.7. The third-order valence-electron chi connectivity index (χ3n) is 10.3. The molecule has 2 amide bonds. The lowest BCUT2D eigenvalue weighted by atomic mass is 9.55. The molecule has 0 unspecified atom stereocenters. The maximum absolute atomic E-state index is 12.7. The van der Waals surface area contributed by atoms with E-state index in [4.69, 9.17) is 0 Å². The largest absolute Gasteiger partial charge is 0.508 e. The minimum Gasteiger partial charge on any atom is -0.508 e. The lowest BCUT2D eigenvalue weighted by molar-refractivity contribution is -0.134. The van der Waals surface area contributed by atoms with Gasteiger partial charge in [-0.05, 0) is 123 Å². The quantitative estimate of drug-likeness (QED) is 0.544. The van der Waals surface area contributed by atoms with Crippen molar-refractivity contribution in [2.75, 3.05) is 13.1 Å². The maximum atomic E-state index is 12.7. The first-order valence-corrected chi connectivity index (χ1v) is 14.3. The summed E-state index contributed by atoms with van der Waals surface area (Å²) in [6, 6.07) is 5.73. The Morgan fingerprint density at radius 1 is 1.22 bits per heavy atom. The number of carbonyl (C=O) groups is 2. The highest BCUT2D eigenvalue weighted by atomic mass is 16.3. The number of hydrogen-bond donors (Lipinski definition) is 3. The summed E-state index contributed by atoms with van der Waals surface area (Å²) in [6.45, 7) is 7.69. The zero-order valence-electron chi connectivity index (χ0n) is 22.2. The SMILES string of the molecule is CC(C)C(=O)NC(=O)[C@@H]1CCCN1CCC[C@H]1C[C@H]2[C@@H]3CCc4cc(O)ccc4[C@H]3CC[C@]2(C)[C@H]1O. The molecule has 1 heterocycles. The minimum atomic E-state index is -0.258. The summed E-state index contributed by atoms with van der Waals surface area (Å²) in [7, 11) is 0. The molecule has 0 spiro atoms. The second-order valence-electron chi connectivity index (χ2n) is 12.6. The van der Waals surface area contributed by atoms with E-state index in [9.17, 15) is 19.8 Å². The molecule has 2 saturated carbocycles. The second kappa shape index (κ2) is 10.1. The fraction of sp³-hybridized carbons (Fsp3) is 0.733. The zero-order valence-corrected chi connectivity index (χ0v) is 22.2. The highest BCUT2D eigenvalue weighted by Crippen LogP contribution is 2.62. The fourth-order valence-electron chi connectivity index (χ4n) is 8.29. The highest BCUT2D eigenvalue weighted by Gasteiger charge is 2.57. The van der Waals surface area contributed by atoms with Crippen LogP contribution in [0.1, 0.15) is 89.2 Å². The molecule has 4 aliphatic rings. The van der Waals surface area contributed by atoms with Crippen molar-refractivity contribution in [3.63, 3.8) is 0 Å². The van der Waals surface area contributed by atoms with Crippen LogP contribution in [0.2, 0.25) is 0 Å².